The first kappa shape index (κ1) is 17.5. The summed E-state index contributed by atoms with van der Waals surface area (Å²) in [6, 6.07) is 3.97. The SMILES string of the molecule is Cc1cc(C)c(O)c(C2(C)CC(c3csc(C4CCNCC4)n3)=NO2)c1. The van der Waals surface area contributed by atoms with E-state index >= 15 is 0 Å². The van der Waals surface area contributed by atoms with Crippen molar-refractivity contribution in [2.45, 2.75) is 51.6 Å². The van der Waals surface area contributed by atoms with Crippen LogP contribution >= 0.6 is 11.3 Å². The number of nitrogens with zero attached hydrogens (tertiary/aromatic N) is 2. The highest BCUT2D eigenvalue weighted by molar-refractivity contribution is 7.10. The van der Waals surface area contributed by atoms with Gasteiger partial charge in [0, 0.05) is 23.3 Å². The van der Waals surface area contributed by atoms with Crippen molar-refractivity contribution >= 4 is 17.0 Å². The maximum Gasteiger partial charge on any atom is 0.169 e. The molecule has 5 nitrogen and oxygen atoms in total. The predicted molar refractivity (Wildman–Crippen MR) is 104 cm³/mol. The first-order valence-electron chi connectivity index (χ1n) is 9.18. The van der Waals surface area contributed by atoms with E-state index in [1.807, 2.05) is 32.9 Å². The van der Waals surface area contributed by atoms with Crippen LogP contribution in [0.1, 0.15) is 59.5 Å². The molecule has 0 amide bonds. The lowest BCUT2D eigenvalue weighted by molar-refractivity contribution is -0.00907. The van der Waals surface area contributed by atoms with Gasteiger partial charge in [-0.05, 0) is 58.3 Å². The molecule has 6 heteroatoms. The van der Waals surface area contributed by atoms with Crippen molar-refractivity contribution in [3.8, 4) is 5.75 Å². The Morgan fingerprint density at radius 3 is 2.81 bits per heavy atom. The van der Waals surface area contributed by atoms with Gasteiger partial charge in [0.1, 0.15) is 11.5 Å². The zero-order chi connectivity index (χ0) is 18.3. The third-order valence-corrected chi connectivity index (χ3v) is 6.39. The molecule has 1 unspecified atom stereocenters. The van der Waals surface area contributed by atoms with Crippen molar-refractivity contribution in [1.29, 1.82) is 0 Å². The summed E-state index contributed by atoms with van der Waals surface area (Å²) >= 11 is 1.72. The van der Waals surface area contributed by atoms with Gasteiger partial charge < -0.3 is 15.3 Å². The number of hydrogen-bond acceptors (Lipinski definition) is 6. The molecule has 0 bridgehead atoms. The maximum atomic E-state index is 10.5. The zero-order valence-electron chi connectivity index (χ0n) is 15.5. The van der Waals surface area contributed by atoms with E-state index in [1.54, 1.807) is 11.3 Å². The molecule has 2 aromatic rings. The maximum absolute atomic E-state index is 10.5. The Hall–Kier alpha value is -1.92. The van der Waals surface area contributed by atoms with Gasteiger partial charge in [-0.15, -0.1) is 11.3 Å². The van der Waals surface area contributed by atoms with Crippen LogP contribution in [-0.4, -0.2) is 28.9 Å². The molecule has 0 saturated carbocycles. The van der Waals surface area contributed by atoms with Crippen LogP contribution < -0.4 is 5.32 Å². The van der Waals surface area contributed by atoms with E-state index in [0.717, 1.165) is 54.0 Å². The number of phenols is 1. The molecule has 0 aliphatic carbocycles. The molecule has 2 N–H and O–H groups in total. The number of nitrogens with one attached hydrogen (secondary N) is 1. The first-order chi connectivity index (χ1) is 12.5. The van der Waals surface area contributed by atoms with E-state index in [1.165, 1.54) is 5.01 Å². The summed E-state index contributed by atoms with van der Waals surface area (Å²) in [5, 5.41) is 21.6. The average molecular weight is 372 g/mol. The number of phenolic OH excluding ortho intramolecular Hbond substituents is 1. The normalized spacial score (nSPS) is 23.7. The van der Waals surface area contributed by atoms with Gasteiger partial charge in [0.25, 0.3) is 0 Å². The fourth-order valence-electron chi connectivity index (χ4n) is 3.86. The molecule has 26 heavy (non-hydrogen) atoms. The number of oxime groups is 1. The highest BCUT2D eigenvalue weighted by Gasteiger charge is 2.40. The number of aromatic hydroxyl groups is 1. The molecule has 2 aliphatic rings. The predicted octanol–water partition coefficient (Wildman–Crippen LogP) is 3.97. The average Bonchev–Trinajstić information content (AvgIpc) is 3.26. The fraction of sp³-hybridized carbons (Fsp3) is 0.500. The van der Waals surface area contributed by atoms with Crippen LogP contribution in [0.5, 0.6) is 5.75 Å². The molecule has 138 valence electrons. The zero-order valence-corrected chi connectivity index (χ0v) is 16.3. The van der Waals surface area contributed by atoms with Gasteiger partial charge in [-0.1, -0.05) is 16.8 Å². The number of aryl methyl sites for hydroxylation is 2. The van der Waals surface area contributed by atoms with Crippen LogP contribution in [-0.2, 0) is 10.4 Å². The second kappa shape index (κ2) is 6.67. The van der Waals surface area contributed by atoms with Gasteiger partial charge in [-0.2, -0.15) is 0 Å². The summed E-state index contributed by atoms with van der Waals surface area (Å²) in [5.74, 6) is 0.844. The van der Waals surface area contributed by atoms with Crippen LogP contribution in [0.25, 0.3) is 0 Å². The Labute approximate surface area is 158 Å². The summed E-state index contributed by atoms with van der Waals surface area (Å²) in [4.78, 5) is 10.7. The molecule has 0 radical (unpaired) electrons. The van der Waals surface area contributed by atoms with E-state index in [4.69, 9.17) is 9.82 Å². The molecule has 1 atom stereocenters. The summed E-state index contributed by atoms with van der Waals surface area (Å²) in [6.45, 7) is 8.05. The van der Waals surface area contributed by atoms with E-state index in [-0.39, 0.29) is 0 Å². The molecule has 0 spiro atoms. The summed E-state index contributed by atoms with van der Waals surface area (Å²) < 4.78 is 0. The van der Waals surface area contributed by atoms with Gasteiger partial charge in [0.2, 0.25) is 0 Å². The van der Waals surface area contributed by atoms with E-state index in [9.17, 15) is 5.11 Å². The topological polar surface area (TPSA) is 66.7 Å². The molecule has 1 fully saturated rings. The molecular formula is C20H25N3O2S. The first-order valence-corrected chi connectivity index (χ1v) is 10.1. The lowest BCUT2D eigenvalue weighted by Crippen LogP contribution is -2.26. The van der Waals surface area contributed by atoms with Crippen molar-refractivity contribution < 1.29 is 9.94 Å². The van der Waals surface area contributed by atoms with Crippen molar-refractivity contribution in [1.82, 2.24) is 10.3 Å². The highest BCUT2D eigenvalue weighted by Crippen LogP contribution is 2.42. The van der Waals surface area contributed by atoms with Crippen molar-refractivity contribution in [2.24, 2.45) is 5.16 Å². The summed E-state index contributed by atoms with van der Waals surface area (Å²) in [7, 11) is 0. The Balaban J connectivity index is 1.56. The minimum atomic E-state index is -0.658. The Kier molecular flexibility index (Phi) is 4.49. The highest BCUT2D eigenvalue weighted by atomic mass is 32.1. The van der Waals surface area contributed by atoms with Crippen LogP contribution in [0.15, 0.2) is 22.7 Å². The van der Waals surface area contributed by atoms with Gasteiger partial charge >= 0.3 is 0 Å². The lowest BCUT2D eigenvalue weighted by Gasteiger charge is -2.24. The van der Waals surface area contributed by atoms with Gasteiger partial charge in [-0.25, -0.2) is 4.98 Å². The Morgan fingerprint density at radius 2 is 2.04 bits per heavy atom. The molecule has 4 rings (SSSR count). The molecule has 1 aromatic heterocycles. The molecule has 1 aromatic carbocycles. The number of rotatable bonds is 3. The van der Waals surface area contributed by atoms with Crippen molar-refractivity contribution in [2.75, 3.05) is 13.1 Å². The van der Waals surface area contributed by atoms with Crippen LogP contribution in [0.3, 0.4) is 0 Å². The monoisotopic (exact) mass is 371 g/mol. The quantitative estimate of drug-likeness (QED) is 0.857. The number of piperidine rings is 1. The van der Waals surface area contributed by atoms with Gasteiger partial charge in [-0.3, -0.25) is 0 Å². The van der Waals surface area contributed by atoms with E-state index in [0.29, 0.717) is 18.1 Å². The van der Waals surface area contributed by atoms with E-state index in [2.05, 4.69) is 15.9 Å². The third kappa shape index (κ3) is 3.12. The number of thiazole rings is 1. The minimum Gasteiger partial charge on any atom is -0.507 e. The molecule has 3 heterocycles. The van der Waals surface area contributed by atoms with E-state index < -0.39 is 5.60 Å². The second-order valence-corrected chi connectivity index (χ2v) is 8.50. The minimum absolute atomic E-state index is 0.295. The van der Waals surface area contributed by atoms with Gasteiger partial charge in [0.15, 0.2) is 5.60 Å². The number of benzene rings is 1. The van der Waals surface area contributed by atoms with Crippen LogP contribution in [0.2, 0.25) is 0 Å². The Morgan fingerprint density at radius 1 is 1.27 bits per heavy atom. The molecule has 1 saturated heterocycles. The molecular weight excluding hydrogens is 346 g/mol. The smallest absolute Gasteiger partial charge is 0.169 e. The fourth-order valence-corrected chi connectivity index (χ4v) is 4.86. The lowest BCUT2D eigenvalue weighted by atomic mass is 9.87. The largest absolute Gasteiger partial charge is 0.507 e. The number of hydrogen-bond donors (Lipinski definition) is 2. The Bertz CT molecular complexity index is 855. The third-order valence-electron chi connectivity index (χ3n) is 5.38. The van der Waals surface area contributed by atoms with Crippen LogP contribution in [0.4, 0.5) is 0 Å². The van der Waals surface area contributed by atoms with Crippen LogP contribution in [0, 0.1) is 13.8 Å². The second-order valence-electron chi connectivity index (χ2n) is 7.61. The van der Waals surface area contributed by atoms with Crippen molar-refractivity contribution in [3.63, 3.8) is 0 Å². The summed E-state index contributed by atoms with van der Waals surface area (Å²) in [6.07, 6.45) is 2.90. The van der Waals surface area contributed by atoms with Crippen molar-refractivity contribution in [3.05, 3.63) is 44.9 Å². The molecule has 2 aliphatic heterocycles. The summed E-state index contributed by atoms with van der Waals surface area (Å²) in [5.41, 5.74) is 3.88. The number of aromatic nitrogens is 1. The standard InChI is InChI=1S/C20H25N3O2S/c1-12-8-13(2)18(24)15(9-12)20(3)10-16(23-25-20)17-11-26-19(22-17)14-4-6-21-7-5-14/h8-9,11,14,21,24H,4-7,10H2,1-3H3. The van der Waals surface area contributed by atoms with Gasteiger partial charge in [0.05, 0.1) is 10.7 Å².